The van der Waals surface area contributed by atoms with E-state index < -0.39 is 0 Å². The van der Waals surface area contributed by atoms with Crippen LogP contribution in [-0.4, -0.2) is 49.6 Å². The summed E-state index contributed by atoms with van der Waals surface area (Å²) in [4.78, 5) is 5.29. The van der Waals surface area contributed by atoms with E-state index in [1.54, 1.807) is 12.7 Å². The molecule has 3 atom stereocenters. The summed E-state index contributed by atoms with van der Waals surface area (Å²) >= 11 is 0. The highest BCUT2D eigenvalue weighted by Crippen LogP contribution is 2.47. The number of rotatable bonds is 7. The zero-order valence-electron chi connectivity index (χ0n) is 18.4. The summed E-state index contributed by atoms with van der Waals surface area (Å²) in [7, 11) is 1.73. The zero-order valence-corrected chi connectivity index (χ0v) is 18.4. The molecule has 30 heavy (non-hydrogen) atoms. The molecule has 3 heteroatoms. The van der Waals surface area contributed by atoms with Crippen LogP contribution in [0.25, 0.3) is 0 Å². The fraction of sp³-hybridized carbons (Fsp3) is 0.556. The summed E-state index contributed by atoms with van der Waals surface area (Å²) in [5, 5.41) is 0. The molecule has 160 valence electrons. The van der Waals surface area contributed by atoms with Gasteiger partial charge in [0.2, 0.25) is 0 Å². The SMILES string of the molecule is COc1ccc(CN2CC3CCC(c4ccc(CCN5CCCC5)cc4)C3C2)cc1. The van der Waals surface area contributed by atoms with E-state index in [4.69, 9.17) is 4.74 Å². The van der Waals surface area contributed by atoms with Crippen LogP contribution < -0.4 is 4.74 Å². The second kappa shape index (κ2) is 9.11. The molecule has 3 nitrogen and oxygen atoms in total. The first-order valence-electron chi connectivity index (χ1n) is 11.9. The number of methoxy groups -OCH3 is 1. The molecule has 0 radical (unpaired) electrons. The molecular formula is C27H36N2O. The van der Waals surface area contributed by atoms with Crippen LogP contribution in [0.15, 0.2) is 48.5 Å². The van der Waals surface area contributed by atoms with Crippen molar-refractivity contribution >= 4 is 0 Å². The van der Waals surface area contributed by atoms with Crippen molar-refractivity contribution in [3.05, 3.63) is 65.2 Å². The molecule has 0 spiro atoms. The first-order chi connectivity index (χ1) is 14.8. The van der Waals surface area contributed by atoms with Crippen LogP contribution >= 0.6 is 0 Å². The molecule has 0 N–H and O–H groups in total. The van der Waals surface area contributed by atoms with Crippen molar-refractivity contribution in [3.63, 3.8) is 0 Å². The summed E-state index contributed by atoms with van der Waals surface area (Å²) in [6.45, 7) is 7.42. The van der Waals surface area contributed by atoms with Crippen molar-refractivity contribution in [1.82, 2.24) is 9.80 Å². The topological polar surface area (TPSA) is 15.7 Å². The maximum atomic E-state index is 5.30. The van der Waals surface area contributed by atoms with Gasteiger partial charge >= 0.3 is 0 Å². The maximum Gasteiger partial charge on any atom is 0.118 e. The Morgan fingerprint density at radius 2 is 1.57 bits per heavy atom. The monoisotopic (exact) mass is 404 g/mol. The third kappa shape index (κ3) is 4.43. The number of ether oxygens (including phenoxy) is 1. The summed E-state index contributed by atoms with van der Waals surface area (Å²) in [5.41, 5.74) is 4.49. The van der Waals surface area contributed by atoms with Crippen LogP contribution in [0.5, 0.6) is 5.75 Å². The van der Waals surface area contributed by atoms with Crippen molar-refractivity contribution < 1.29 is 4.74 Å². The summed E-state index contributed by atoms with van der Waals surface area (Å²) < 4.78 is 5.30. The first-order valence-corrected chi connectivity index (χ1v) is 11.9. The molecule has 3 aliphatic rings. The Morgan fingerprint density at radius 3 is 2.30 bits per heavy atom. The van der Waals surface area contributed by atoms with Crippen LogP contribution in [0.2, 0.25) is 0 Å². The molecule has 1 saturated carbocycles. The second-order valence-electron chi connectivity index (χ2n) is 9.69. The highest BCUT2D eigenvalue weighted by molar-refractivity contribution is 5.29. The highest BCUT2D eigenvalue weighted by atomic mass is 16.5. The van der Waals surface area contributed by atoms with Gasteiger partial charge in [0, 0.05) is 26.2 Å². The lowest BCUT2D eigenvalue weighted by Crippen LogP contribution is -2.22. The Labute approximate surface area is 182 Å². The van der Waals surface area contributed by atoms with Crippen molar-refractivity contribution in [2.75, 3.05) is 39.8 Å². The smallest absolute Gasteiger partial charge is 0.118 e. The van der Waals surface area contributed by atoms with Crippen molar-refractivity contribution in [2.45, 2.75) is 44.6 Å². The maximum absolute atomic E-state index is 5.30. The largest absolute Gasteiger partial charge is 0.497 e. The predicted octanol–water partition coefficient (Wildman–Crippen LogP) is 4.96. The van der Waals surface area contributed by atoms with Gasteiger partial charge in [-0.15, -0.1) is 0 Å². The second-order valence-corrected chi connectivity index (χ2v) is 9.69. The Kier molecular flexibility index (Phi) is 6.10. The van der Waals surface area contributed by atoms with Gasteiger partial charge in [-0.05, 0) is 91.8 Å². The van der Waals surface area contributed by atoms with Crippen LogP contribution in [-0.2, 0) is 13.0 Å². The number of benzene rings is 2. The first kappa shape index (κ1) is 20.1. The van der Waals surface area contributed by atoms with Crippen LogP contribution in [0.1, 0.15) is 48.3 Å². The Bertz CT molecular complexity index is 810. The van der Waals surface area contributed by atoms with E-state index >= 15 is 0 Å². The fourth-order valence-corrected chi connectivity index (χ4v) is 6.11. The third-order valence-electron chi connectivity index (χ3n) is 7.82. The van der Waals surface area contributed by atoms with E-state index in [1.807, 2.05) is 0 Å². The van der Waals surface area contributed by atoms with Gasteiger partial charge in [-0.2, -0.15) is 0 Å². The van der Waals surface area contributed by atoms with Crippen molar-refractivity contribution in [2.24, 2.45) is 11.8 Å². The minimum Gasteiger partial charge on any atom is -0.497 e. The lowest BCUT2D eigenvalue weighted by atomic mass is 9.86. The van der Waals surface area contributed by atoms with Gasteiger partial charge in [0.05, 0.1) is 7.11 Å². The lowest BCUT2D eigenvalue weighted by Gasteiger charge is -2.21. The standard InChI is InChI=1S/C27H36N2O/c1-30-25-11-6-22(7-12-25)18-29-19-24-10-13-26(27(24)20-29)23-8-4-21(5-9-23)14-17-28-15-2-3-16-28/h4-9,11-12,24,26-27H,2-3,10,13-20H2,1H3. The third-order valence-corrected chi connectivity index (χ3v) is 7.82. The Hall–Kier alpha value is -1.84. The average molecular weight is 405 g/mol. The number of fused-ring (bicyclic) bond motifs is 1. The Balaban J connectivity index is 1.17. The van der Waals surface area contributed by atoms with Gasteiger partial charge in [0.25, 0.3) is 0 Å². The van der Waals surface area contributed by atoms with Gasteiger partial charge in [0.15, 0.2) is 0 Å². The normalized spacial score (nSPS) is 26.9. The molecule has 5 rings (SSSR count). The molecule has 0 aromatic heterocycles. The van der Waals surface area contributed by atoms with E-state index in [-0.39, 0.29) is 0 Å². The van der Waals surface area contributed by atoms with Gasteiger partial charge in [-0.25, -0.2) is 0 Å². The van der Waals surface area contributed by atoms with Crippen LogP contribution in [0.4, 0.5) is 0 Å². The average Bonchev–Trinajstić information content (AvgIpc) is 3.51. The number of hydrogen-bond donors (Lipinski definition) is 0. The minimum absolute atomic E-state index is 0.753. The van der Waals surface area contributed by atoms with Crippen LogP contribution in [0.3, 0.4) is 0 Å². The lowest BCUT2D eigenvalue weighted by molar-refractivity contribution is 0.298. The van der Waals surface area contributed by atoms with E-state index in [1.165, 1.54) is 76.0 Å². The molecular weight excluding hydrogens is 368 g/mol. The fourth-order valence-electron chi connectivity index (χ4n) is 6.11. The molecule has 3 fully saturated rings. The molecule has 2 aromatic rings. The molecule has 3 unspecified atom stereocenters. The Morgan fingerprint density at radius 1 is 0.833 bits per heavy atom. The van der Waals surface area contributed by atoms with E-state index in [0.29, 0.717) is 0 Å². The van der Waals surface area contributed by atoms with E-state index in [2.05, 4.69) is 58.3 Å². The molecule has 2 saturated heterocycles. The summed E-state index contributed by atoms with van der Waals surface area (Å²) in [5.74, 6) is 3.41. The van der Waals surface area contributed by atoms with Crippen LogP contribution in [0, 0.1) is 11.8 Å². The van der Waals surface area contributed by atoms with E-state index in [9.17, 15) is 0 Å². The van der Waals surface area contributed by atoms with Crippen molar-refractivity contribution in [1.29, 1.82) is 0 Å². The molecule has 2 heterocycles. The molecule has 2 aromatic carbocycles. The summed E-state index contributed by atoms with van der Waals surface area (Å²) in [6, 6.07) is 18.3. The van der Waals surface area contributed by atoms with Gasteiger partial charge in [-0.3, -0.25) is 4.90 Å². The van der Waals surface area contributed by atoms with Gasteiger partial charge in [0.1, 0.15) is 5.75 Å². The quantitative estimate of drug-likeness (QED) is 0.649. The zero-order chi connectivity index (χ0) is 20.3. The van der Waals surface area contributed by atoms with Gasteiger partial charge in [-0.1, -0.05) is 36.4 Å². The molecule has 0 bridgehead atoms. The highest BCUT2D eigenvalue weighted by Gasteiger charge is 2.42. The van der Waals surface area contributed by atoms with Gasteiger partial charge < -0.3 is 9.64 Å². The number of nitrogens with zero attached hydrogens (tertiary/aromatic N) is 2. The van der Waals surface area contributed by atoms with Crippen molar-refractivity contribution in [3.8, 4) is 5.75 Å². The van der Waals surface area contributed by atoms with E-state index in [0.717, 1.165) is 30.0 Å². The molecule has 1 aliphatic carbocycles. The molecule has 0 amide bonds. The minimum atomic E-state index is 0.753. The predicted molar refractivity (Wildman–Crippen MR) is 123 cm³/mol. The summed E-state index contributed by atoms with van der Waals surface area (Å²) in [6.07, 6.45) is 6.74. The molecule has 2 aliphatic heterocycles. The number of likely N-dealkylation sites (tertiary alicyclic amines) is 2. The number of hydrogen-bond acceptors (Lipinski definition) is 3.